The topological polar surface area (TPSA) is 99.2 Å². The van der Waals surface area contributed by atoms with Crippen molar-refractivity contribution in [1.82, 2.24) is 14.9 Å². The number of hydrogen-bond donors (Lipinski definition) is 3. The first-order chi connectivity index (χ1) is 14.0. The number of fused-ring (bicyclic) bond motifs is 1. The fourth-order valence-electron chi connectivity index (χ4n) is 3.91. The summed E-state index contributed by atoms with van der Waals surface area (Å²) >= 11 is 0. The van der Waals surface area contributed by atoms with Crippen molar-refractivity contribution >= 4 is 34.3 Å². The van der Waals surface area contributed by atoms with E-state index < -0.39 is 0 Å². The van der Waals surface area contributed by atoms with Gasteiger partial charge in [0.2, 0.25) is 0 Å². The van der Waals surface area contributed by atoms with Gasteiger partial charge in [0.15, 0.2) is 0 Å². The Bertz CT molecular complexity index is 1200. The largest absolute Gasteiger partial charge is 0.336 e. The number of amides is 3. The molecule has 3 amide bonds. The minimum absolute atomic E-state index is 0.132. The fraction of sp³-hybridized carbons (Fsp3) is 0.286. The summed E-state index contributed by atoms with van der Waals surface area (Å²) in [6.45, 7) is 3.09. The molecule has 0 bridgehead atoms. The second kappa shape index (κ2) is 6.51. The molecule has 1 saturated heterocycles. The molecular formula is C21H21N5O3. The Labute approximate surface area is 166 Å². The molecule has 1 saturated carbocycles. The molecule has 1 aliphatic heterocycles. The molecule has 2 heterocycles. The Balaban J connectivity index is 1.45. The molecule has 0 radical (unpaired) electrons. The number of carbonyl (C=O) groups excluding carboxylic acids is 2. The maximum atomic E-state index is 12.9. The third-order valence-corrected chi connectivity index (χ3v) is 5.59. The number of nitrogens with zero attached hydrogens (tertiary/aromatic N) is 2. The van der Waals surface area contributed by atoms with Crippen LogP contribution in [-0.2, 0) is 0 Å². The molecule has 3 aromatic rings. The fourth-order valence-corrected chi connectivity index (χ4v) is 3.91. The Morgan fingerprint density at radius 2 is 2.00 bits per heavy atom. The predicted octanol–water partition coefficient (Wildman–Crippen LogP) is 2.75. The van der Waals surface area contributed by atoms with Crippen LogP contribution in [0.1, 0.15) is 34.8 Å². The lowest BCUT2D eigenvalue weighted by atomic mass is 10.1. The molecule has 8 nitrogen and oxygen atoms in total. The van der Waals surface area contributed by atoms with Gasteiger partial charge in [-0.25, -0.2) is 9.59 Å². The van der Waals surface area contributed by atoms with Gasteiger partial charge in [-0.05, 0) is 55.7 Å². The molecule has 0 atom stereocenters. The van der Waals surface area contributed by atoms with Crippen LogP contribution >= 0.6 is 0 Å². The molecule has 5 rings (SSSR count). The summed E-state index contributed by atoms with van der Waals surface area (Å²) in [5, 5.41) is 5.73. The Kier molecular flexibility index (Phi) is 3.94. The maximum absolute atomic E-state index is 12.9. The van der Waals surface area contributed by atoms with Gasteiger partial charge in [-0.3, -0.25) is 14.3 Å². The summed E-state index contributed by atoms with van der Waals surface area (Å²) in [5.74, 6) is -0.256. The van der Waals surface area contributed by atoms with Crippen LogP contribution in [0.25, 0.3) is 11.0 Å². The zero-order valence-corrected chi connectivity index (χ0v) is 16.0. The molecule has 2 aliphatic rings. The standard InChI is InChI=1S/C21H21N5O3/c1-12-15(3-2-4-17(12)25-10-9-22-20(25)28)23-19(27)13-5-8-16-18(11-13)26(14-6-7-14)21(29)24-16/h2-5,8,11,14H,6-7,9-10H2,1H3,(H,22,28)(H,23,27)(H,24,29). The predicted molar refractivity (Wildman–Crippen MR) is 111 cm³/mol. The molecule has 8 heteroatoms. The summed E-state index contributed by atoms with van der Waals surface area (Å²) in [4.78, 5) is 41.6. The summed E-state index contributed by atoms with van der Waals surface area (Å²) in [5.41, 5.74) is 4.10. The average Bonchev–Trinajstić information content (AvgIpc) is 3.35. The molecule has 2 aromatic carbocycles. The van der Waals surface area contributed by atoms with E-state index in [-0.39, 0.29) is 23.7 Å². The summed E-state index contributed by atoms with van der Waals surface area (Å²) in [7, 11) is 0. The van der Waals surface area contributed by atoms with Gasteiger partial charge >= 0.3 is 11.7 Å². The van der Waals surface area contributed by atoms with Crippen molar-refractivity contribution in [1.29, 1.82) is 0 Å². The van der Waals surface area contributed by atoms with Crippen molar-refractivity contribution in [2.45, 2.75) is 25.8 Å². The van der Waals surface area contributed by atoms with Crippen LogP contribution in [0.5, 0.6) is 0 Å². The van der Waals surface area contributed by atoms with Crippen LogP contribution in [0.4, 0.5) is 16.2 Å². The van der Waals surface area contributed by atoms with Gasteiger partial charge in [0.1, 0.15) is 0 Å². The van der Waals surface area contributed by atoms with Crippen molar-refractivity contribution in [3.05, 3.63) is 58.0 Å². The molecule has 3 N–H and O–H groups in total. The summed E-state index contributed by atoms with van der Waals surface area (Å²) in [6.07, 6.45) is 1.97. The van der Waals surface area contributed by atoms with Crippen molar-refractivity contribution in [2.75, 3.05) is 23.3 Å². The molecule has 1 aliphatic carbocycles. The Morgan fingerprint density at radius 1 is 1.17 bits per heavy atom. The minimum atomic E-state index is -0.256. The second-order valence-corrected chi connectivity index (χ2v) is 7.55. The van der Waals surface area contributed by atoms with Crippen molar-refractivity contribution < 1.29 is 9.59 Å². The van der Waals surface area contributed by atoms with Crippen molar-refractivity contribution in [2.24, 2.45) is 0 Å². The zero-order chi connectivity index (χ0) is 20.1. The van der Waals surface area contributed by atoms with Gasteiger partial charge in [-0.15, -0.1) is 0 Å². The minimum Gasteiger partial charge on any atom is -0.336 e. The smallest absolute Gasteiger partial charge is 0.326 e. The maximum Gasteiger partial charge on any atom is 0.326 e. The number of nitrogens with one attached hydrogen (secondary N) is 3. The van der Waals surface area contributed by atoms with E-state index in [4.69, 9.17) is 0 Å². The van der Waals surface area contributed by atoms with Crippen LogP contribution in [0.15, 0.2) is 41.2 Å². The number of aromatic amines is 1. The number of aromatic nitrogens is 2. The van der Waals surface area contributed by atoms with Gasteiger partial charge in [0, 0.05) is 30.4 Å². The number of imidazole rings is 1. The van der Waals surface area contributed by atoms with E-state index in [9.17, 15) is 14.4 Å². The van der Waals surface area contributed by atoms with Crippen LogP contribution < -0.4 is 21.2 Å². The normalized spacial score (nSPS) is 16.3. The van der Waals surface area contributed by atoms with Crippen LogP contribution in [0.3, 0.4) is 0 Å². The van der Waals surface area contributed by atoms with Crippen LogP contribution in [-0.4, -0.2) is 34.6 Å². The highest BCUT2D eigenvalue weighted by atomic mass is 16.2. The number of hydrogen-bond acceptors (Lipinski definition) is 3. The second-order valence-electron chi connectivity index (χ2n) is 7.55. The molecule has 148 valence electrons. The molecule has 2 fully saturated rings. The SMILES string of the molecule is Cc1c(NC(=O)c2ccc3[nH]c(=O)n(C4CC4)c3c2)cccc1N1CCNC1=O. The lowest BCUT2D eigenvalue weighted by Gasteiger charge is -2.19. The molecular weight excluding hydrogens is 370 g/mol. The monoisotopic (exact) mass is 391 g/mol. The number of anilines is 2. The third-order valence-electron chi connectivity index (χ3n) is 5.59. The third kappa shape index (κ3) is 2.97. The quantitative estimate of drug-likeness (QED) is 0.638. The van der Waals surface area contributed by atoms with Gasteiger partial charge in [-0.2, -0.15) is 0 Å². The van der Waals surface area contributed by atoms with Crippen LogP contribution in [0, 0.1) is 6.92 Å². The van der Waals surface area contributed by atoms with Gasteiger partial charge < -0.3 is 15.6 Å². The van der Waals surface area contributed by atoms with E-state index in [1.807, 2.05) is 25.1 Å². The Morgan fingerprint density at radius 3 is 2.72 bits per heavy atom. The number of rotatable bonds is 4. The molecule has 29 heavy (non-hydrogen) atoms. The van der Waals surface area contributed by atoms with Gasteiger partial charge in [0.25, 0.3) is 5.91 Å². The van der Waals surface area contributed by atoms with E-state index in [1.165, 1.54) is 0 Å². The van der Waals surface area contributed by atoms with Gasteiger partial charge in [0.05, 0.1) is 16.7 Å². The first kappa shape index (κ1) is 17.5. The molecule has 0 spiro atoms. The highest BCUT2D eigenvalue weighted by Gasteiger charge is 2.28. The number of carbonyl (C=O) groups is 2. The number of urea groups is 1. The van der Waals surface area contributed by atoms with E-state index >= 15 is 0 Å². The summed E-state index contributed by atoms with van der Waals surface area (Å²) in [6, 6.07) is 10.8. The lowest BCUT2D eigenvalue weighted by Crippen LogP contribution is -2.28. The molecule has 1 aromatic heterocycles. The first-order valence-corrected chi connectivity index (χ1v) is 9.73. The number of benzene rings is 2. The number of H-pyrrole nitrogens is 1. The average molecular weight is 391 g/mol. The van der Waals surface area contributed by atoms with E-state index in [0.29, 0.717) is 24.3 Å². The van der Waals surface area contributed by atoms with Crippen molar-refractivity contribution in [3.63, 3.8) is 0 Å². The highest BCUT2D eigenvalue weighted by molar-refractivity contribution is 6.07. The van der Waals surface area contributed by atoms with E-state index in [0.717, 1.165) is 35.1 Å². The van der Waals surface area contributed by atoms with Crippen LogP contribution in [0.2, 0.25) is 0 Å². The van der Waals surface area contributed by atoms with E-state index in [2.05, 4.69) is 15.6 Å². The lowest BCUT2D eigenvalue weighted by molar-refractivity contribution is 0.102. The Hall–Kier alpha value is -3.55. The highest BCUT2D eigenvalue weighted by Crippen LogP contribution is 2.36. The zero-order valence-electron chi connectivity index (χ0n) is 16.0. The first-order valence-electron chi connectivity index (χ1n) is 9.73. The van der Waals surface area contributed by atoms with E-state index in [1.54, 1.807) is 27.7 Å². The molecule has 0 unspecified atom stereocenters. The summed E-state index contributed by atoms with van der Waals surface area (Å²) < 4.78 is 1.74. The van der Waals surface area contributed by atoms with Crippen molar-refractivity contribution in [3.8, 4) is 0 Å². The van der Waals surface area contributed by atoms with Gasteiger partial charge in [-0.1, -0.05) is 6.07 Å².